The second-order valence-electron chi connectivity index (χ2n) is 9.93. The molecule has 0 radical (unpaired) electrons. The van der Waals surface area contributed by atoms with E-state index >= 15 is 0 Å². The van der Waals surface area contributed by atoms with Crippen LogP contribution in [0.4, 0.5) is 5.69 Å². The number of anilines is 1. The van der Waals surface area contributed by atoms with Gasteiger partial charge in [-0.15, -0.1) is 0 Å². The summed E-state index contributed by atoms with van der Waals surface area (Å²) in [4.78, 5) is 65.1. The minimum Gasteiger partial charge on any atom is -0.454 e. The largest absolute Gasteiger partial charge is 0.454 e. The van der Waals surface area contributed by atoms with E-state index in [1.165, 1.54) is 13.0 Å². The fourth-order valence-electron chi connectivity index (χ4n) is 6.10. The number of likely N-dealkylation sites (tertiary alicyclic amines) is 1. The van der Waals surface area contributed by atoms with Gasteiger partial charge in [-0.1, -0.05) is 42.5 Å². The van der Waals surface area contributed by atoms with Crippen LogP contribution in [0, 0.1) is 23.7 Å². The first-order valence-electron chi connectivity index (χ1n) is 12.3. The van der Waals surface area contributed by atoms with E-state index in [1.807, 2.05) is 30.3 Å². The number of hydrogen-bond acceptors (Lipinski definition) is 6. The highest BCUT2D eigenvalue weighted by molar-refractivity contribution is 6.09. The number of esters is 1. The van der Waals surface area contributed by atoms with Gasteiger partial charge in [-0.2, -0.15) is 0 Å². The highest BCUT2D eigenvalue weighted by Crippen LogP contribution is 2.56. The molecule has 2 aliphatic carbocycles. The minimum atomic E-state index is -1.13. The average Bonchev–Trinajstić information content (AvgIpc) is 3.56. The molecule has 3 aliphatic rings. The normalized spacial score (nSPS) is 25.0. The van der Waals surface area contributed by atoms with Crippen LogP contribution in [0.15, 0.2) is 54.6 Å². The summed E-state index contributed by atoms with van der Waals surface area (Å²) < 4.78 is 5.32. The molecule has 8 heteroatoms. The monoisotopic (exact) mass is 488 g/mol. The number of nitrogens with one attached hydrogen (secondary N) is 1. The summed E-state index contributed by atoms with van der Waals surface area (Å²) >= 11 is 0. The van der Waals surface area contributed by atoms with Crippen molar-refractivity contribution in [3.05, 3.63) is 65.7 Å². The molecule has 5 rings (SSSR count). The molecule has 0 aromatic heterocycles. The molecule has 186 valence electrons. The molecule has 3 amide bonds. The molecule has 8 nitrogen and oxygen atoms in total. The lowest BCUT2D eigenvalue weighted by atomic mass is 9.81. The van der Waals surface area contributed by atoms with Crippen molar-refractivity contribution in [3.63, 3.8) is 0 Å². The molecule has 0 unspecified atom stereocenters. The molecule has 1 heterocycles. The first-order chi connectivity index (χ1) is 17.3. The summed E-state index contributed by atoms with van der Waals surface area (Å²) in [6.07, 6.45) is 2.91. The maximum Gasteiger partial charge on any atom is 0.330 e. The maximum atomic E-state index is 13.4. The van der Waals surface area contributed by atoms with Crippen LogP contribution in [-0.4, -0.2) is 47.0 Å². The Kier molecular flexibility index (Phi) is 6.43. The van der Waals surface area contributed by atoms with Gasteiger partial charge in [-0.3, -0.25) is 24.1 Å². The van der Waals surface area contributed by atoms with Gasteiger partial charge in [0, 0.05) is 17.7 Å². The topological polar surface area (TPSA) is 110 Å². The fraction of sp³-hybridized carbons (Fsp3) is 0.393. The van der Waals surface area contributed by atoms with E-state index in [9.17, 15) is 24.0 Å². The molecule has 1 aliphatic heterocycles. The summed E-state index contributed by atoms with van der Waals surface area (Å²) in [5.41, 5.74) is 1.63. The minimum absolute atomic E-state index is 0.119. The number of imide groups is 1. The Morgan fingerprint density at radius 1 is 0.972 bits per heavy atom. The number of ether oxygens (including phenoxy) is 1. The Labute approximate surface area is 209 Å². The first-order valence-corrected chi connectivity index (χ1v) is 12.3. The number of amides is 3. The molecule has 5 atom stereocenters. The zero-order chi connectivity index (χ0) is 25.4. The molecule has 0 spiro atoms. The predicted octanol–water partition coefficient (Wildman–Crippen LogP) is 3.01. The van der Waals surface area contributed by atoms with Crippen molar-refractivity contribution >= 4 is 35.2 Å². The zero-order valence-corrected chi connectivity index (χ0v) is 20.0. The van der Waals surface area contributed by atoms with Crippen molar-refractivity contribution in [2.75, 3.05) is 11.9 Å². The molecule has 2 aromatic carbocycles. The highest BCUT2D eigenvalue weighted by Gasteiger charge is 2.62. The van der Waals surface area contributed by atoms with Gasteiger partial charge >= 0.3 is 5.97 Å². The number of benzene rings is 2. The number of carbonyl (C=O) groups is 5. The van der Waals surface area contributed by atoms with E-state index in [1.54, 1.807) is 18.2 Å². The Morgan fingerprint density at radius 3 is 2.28 bits per heavy atom. The Hall–Kier alpha value is -3.81. The SMILES string of the molecule is CC(=O)c1cccc(NC(=O)COC(=O)[C@H](Cc2ccccc2)N2C(=O)[C@H]3[C@H]4CC[C@@H](C4)[C@@H]3C2=O)c1. The molecule has 1 saturated heterocycles. The van der Waals surface area contributed by atoms with Gasteiger partial charge < -0.3 is 10.1 Å². The lowest BCUT2D eigenvalue weighted by Crippen LogP contribution is -2.48. The standard InChI is InChI=1S/C28H28N2O6/c1-16(31)18-8-5-9-21(14-18)29-23(32)15-36-28(35)22(12-17-6-3-2-4-7-17)30-26(33)24-19-10-11-20(13-19)25(24)27(30)34/h2-9,14,19-20,22,24-25H,10-13,15H2,1H3,(H,29,32)/t19-,20-,22-,24-,25-/m0/s1. The molecule has 3 fully saturated rings. The van der Waals surface area contributed by atoms with Crippen molar-refractivity contribution in [1.29, 1.82) is 0 Å². The van der Waals surface area contributed by atoms with Crippen molar-refractivity contribution in [2.24, 2.45) is 23.7 Å². The molecule has 2 saturated carbocycles. The number of nitrogens with zero attached hydrogens (tertiary/aromatic N) is 1. The van der Waals surface area contributed by atoms with Crippen LogP contribution in [-0.2, 0) is 30.3 Å². The van der Waals surface area contributed by atoms with E-state index in [0.29, 0.717) is 11.3 Å². The number of carbonyl (C=O) groups excluding carboxylic acids is 5. The molecule has 2 aromatic rings. The summed E-state index contributed by atoms with van der Waals surface area (Å²) in [7, 11) is 0. The summed E-state index contributed by atoms with van der Waals surface area (Å²) in [5.74, 6) is -2.39. The molecular weight excluding hydrogens is 460 g/mol. The zero-order valence-electron chi connectivity index (χ0n) is 20.0. The van der Waals surface area contributed by atoms with Crippen LogP contribution >= 0.6 is 0 Å². The maximum absolute atomic E-state index is 13.4. The van der Waals surface area contributed by atoms with Gasteiger partial charge in [-0.25, -0.2) is 4.79 Å². The summed E-state index contributed by atoms with van der Waals surface area (Å²) in [5, 5.41) is 2.60. The van der Waals surface area contributed by atoms with E-state index in [-0.39, 0.29) is 47.7 Å². The molecule has 2 bridgehead atoms. The van der Waals surface area contributed by atoms with Crippen LogP contribution < -0.4 is 5.32 Å². The number of ketones is 1. The summed E-state index contributed by atoms with van der Waals surface area (Å²) in [6, 6.07) is 14.4. The lowest BCUT2D eigenvalue weighted by Gasteiger charge is -2.26. The average molecular weight is 489 g/mol. The smallest absolute Gasteiger partial charge is 0.330 e. The third-order valence-electron chi connectivity index (χ3n) is 7.72. The van der Waals surface area contributed by atoms with Gasteiger partial charge in [0.15, 0.2) is 12.4 Å². The van der Waals surface area contributed by atoms with E-state index < -0.39 is 24.5 Å². The van der Waals surface area contributed by atoms with Crippen molar-refractivity contribution < 1.29 is 28.7 Å². The third kappa shape index (κ3) is 4.43. The number of rotatable bonds is 8. The second-order valence-corrected chi connectivity index (χ2v) is 9.93. The number of fused-ring (bicyclic) bond motifs is 5. The van der Waals surface area contributed by atoms with Crippen LogP contribution in [0.5, 0.6) is 0 Å². The van der Waals surface area contributed by atoms with E-state index in [2.05, 4.69) is 5.32 Å². The highest BCUT2D eigenvalue weighted by atomic mass is 16.5. The van der Waals surface area contributed by atoms with E-state index in [4.69, 9.17) is 4.74 Å². The Bertz CT molecular complexity index is 1200. The van der Waals surface area contributed by atoms with Gasteiger partial charge in [-0.05, 0) is 55.7 Å². The first kappa shape index (κ1) is 23.9. The van der Waals surface area contributed by atoms with Crippen LogP contribution in [0.25, 0.3) is 0 Å². The van der Waals surface area contributed by atoms with Crippen LogP contribution in [0.2, 0.25) is 0 Å². The van der Waals surface area contributed by atoms with Gasteiger partial charge in [0.25, 0.3) is 5.91 Å². The summed E-state index contributed by atoms with van der Waals surface area (Å²) in [6.45, 7) is 0.846. The van der Waals surface area contributed by atoms with Gasteiger partial charge in [0.2, 0.25) is 11.8 Å². The third-order valence-corrected chi connectivity index (χ3v) is 7.72. The molecular formula is C28H28N2O6. The number of Topliss-reactive ketones (excluding diaryl/α,β-unsaturated/α-hetero) is 1. The predicted molar refractivity (Wildman–Crippen MR) is 130 cm³/mol. The quantitative estimate of drug-likeness (QED) is 0.348. The number of hydrogen-bond donors (Lipinski definition) is 1. The van der Waals surface area contributed by atoms with Gasteiger partial charge in [0.05, 0.1) is 11.8 Å². The van der Waals surface area contributed by atoms with Crippen LogP contribution in [0.1, 0.15) is 42.1 Å². The van der Waals surface area contributed by atoms with Crippen molar-refractivity contribution in [2.45, 2.75) is 38.6 Å². The fourth-order valence-corrected chi connectivity index (χ4v) is 6.10. The van der Waals surface area contributed by atoms with Crippen molar-refractivity contribution in [1.82, 2.24) is 4.90 Å². The Morgan fingerprint density at radius 2 is 1.64 bits per heavy atom. The molecule has 36 heavy (non-hydrogen) atoms. The lowest BCUT2D eigenvalue weighted by molar-refractivity contribution is -0.160. The van der Waals surface area contributed by atoms with Crippen molar-refractivity contribution in [3.8, 4) is 0 Å². The van der Waals surface area contributed by atoms with Crippen LogP contribution in [0.3, 0.4) is 0 Å². The second kappa shape index (κ2) is 9.68. The van der Waals surface area contributed by atoms with E-state index in [0.717, 1.165) is 29.7 Å². The molecule has 1 N–H and O–H groups in total. The Balaban J connectivity index is 1.30. The van der Waals surface area contributed by atoms with Gasteiger partial charge in [0.1, 0.15) is 6.04 Å².